The normalized spacial score (nSPS) is 24.0. The van der Waals surface area contributed by atoms with Crippen molar-refractivity contribution in [1.29, 1.82) is 0 Å². The smallest absolute Gasteiger partial charge is 0.320 e. The van der Waals surface area contributed by atoms with E-state index >= 15 is 0 Å². The van der Waals surface area contributed by atoms with Gasteiger partial charge < -0.3 is 14.0 Å². The Morgan fingerprint density at radius 3 is 2.83 bits per heavy atom. The zero-order chi connectivity index (χ0) is 20.4. The zero-order valence-corrected chi connectivity index (χ0v) is 16.9. The highest BCUT2D eigenvalue weighted by Gasteiger charge is 2.49. The number of methoxy groups -OCH3 is 1. The number of nitrogens with zero attached hydrogens (tertiary/aromatic N) is 3. The highest BCUT2D eigenvalue weighted by molar-refractivity contribution is 6.08. The molecule has 4 rings (SSSR count). The second kappa shape index (κ2) is 8.37. The molecular weight excluding hydrogens is 370 g/mol. The van der Waals surface area contributed by atoms with Crippen LogP contribution in [0.2, 0.25) is 0 Å². The molecule has 0 unspecified atom stereocenters. The number of fused-ring (bicyclic) bond motifs is 3. The molecule has 0 saturated carbocycles. The van der Waals surface area contributed by atoms with Crippen LogP contribution in [0.5, 0.6) is 0 Å². The third kappa shape index (κ3) is 3.44. The third-order valence-electron chi connectivity index (χ3n) is 5.84. The van der Waals surface area contributed by atoms with Gasteiger partial charge in [-0.05, 0) is 44.2 Å². The van der Waals surface area contributed by atoms with Gasteiger partial charge in [-0.1, -0.05) is 24.3 Å². The third-order valence-corrected chi connectivity index (χ3v) is 5.84. The van der Waals surface area contributed by atoms with E-state index in [0.29, 0.717) is 19.1 Å². The monoisotopic (exact) mass is 397 g/mol. The molecule has 1 aromatic carbocycles. The maximum absolute atomic E-state index is 13.5. The molecule has 0 fully saturated rings. The number of hydrogen-bond donors (Lipinski definition) is 0. The lowest BCUT2D eigenvalue weighted by Gasteiger charge is -2.41. The molecule has 0 radical (unpaired) electrons. The molecule has 2 heterocycles. The first-order valence-corrected chi connectivity index (χ1v) is 10.3. The van der Waals surface area contributed by atoms with E-state index in [1.807, 2.05) is 24.3 Å². The second-order valence-electron chi connectivity index (χ2n) is 7.52. The molecule has 0 bridgehead atoms. The number of aromatic nitrogens is 2. The van der Waals surface area contributed by atoms with E-state index < -0.39 is 11.9 Å². The van der Waals surface area contributed by atoms with Crippen molar-refractivity contribution in [3.05, 3.63) is 36.4 Å². The van der Waals surface area contributed by atoms with Crippen LogP contribution in [0.3, 0.4) is 0 Å². The van der Waals surface area contributed by atoms with Gasteiger partial charge in [0.05, 0.1) is 36.8 Å². The van der Waals surface area contributed by atoms with Crippen molar-refractivity contribution in [3.63, 3.8) is 0 Å². The van der Waals surface area contributed by atoms with Crippen molar-refractivity contribution in [1.82, 2.24) is 9.55 Å². The molecule has 0 N–H and O–H groups in total. The highest BCUT2D eigenvalue weighted by atomic mass is 16.5. The van der Waals surface area contributed by atoms with Gasteiger partial charge in [0, 0.05) is 7.11 Å². The largest absolute Gasteiger partial charge is 0.465 e. The Bertz CT molecular complexity index is 935. The van der Waals surface area contributed by atoms with Crippen molar-refractivity contribution < 1.29 is 19.1 Å². The van der Waals surface area contributed by atoms with E-state index in [2.05, 4.69) is 16.7 Å². The Morgan fingerprint density at radius 2 is 2.10 bits per heavy atom. The average molecular weight is 397 g/mol. The highest BCUT2D eigenvalue weighted by Crippen LogP contribution is 2.44. The summed E-state index contributed by atoms with van der Waals surface area (Å²) in [4.78, 5) is 32.9. The molecule has 1 aliphatic carbocycles. The van der Waals surface area contributed by atoms with Crippen molar-refractivity contribution in [2.75, 3.05) is 31.8 Å². The topological polar surface area (TPSA) is 73.7 Å². The van der Waals surface area contributed by atoms with Crippen molar-refractivity contribution in [3.8, 4) is 0 Å². The molecule has 29 heavy (non-hydrogen) atoms. The first-order valence-electron chi connectivity index (χ1n) is 10.3. The summed E-state index contributed by atoms with van der Waals surface area (Å²) in [7, 11) is 1.59. The molecule has 2 aliphatic rings. The summed E-state index contributed by atoms with van der Waals surface area (Å²) in [5, 5.41) is 0. The summed E-state index contributed by atoms with van der Waals surface area (Å²) in [5.41, 5.74) is 1.75. The molecule has 1 aromatic heterocycles. The number of carbonyl (C=O) groups is 2. The van der Waals surface area contributed by atoms with E-state index in [-0.39, 0.29) is 24.5 Å². The molecule has 1 amide bonds. The number of amides is 1. The molecule has 1 aliphatic heterocycles. The molecule has 0 saturated heterocycles. The number of esters is 1. The van der Waals surface area contributed by atoms with Crippen LogP contribution >= 0.6 is 0 Å². The van der Waals surface area contributed by atoms with Crippen molar-refractivity contribution >= 4 is 28.9 Å². The molecular formula is C22H27N3O4. The number of ether oxygens (including phenoxy) is 2. The number of anilines is 1. The second-order valence-corrected chi connectivity index (χ2v) is 7.52. The minimum Gasteiger partial charge on any atom is -0.465 e. The maximum atomic E-state index is 13.5. The van der Waals surface area contributed by atoms with Crippen molar-refractivity contribution in [2.45, 2.75) is 32.2 Å². The number of para-hydroxylation sites is 2. The zero-order valence-electron chi connectivity index (χ0n) is 16.9. The van der Waals surface area contributed by atoms with Crippen LogP contribution in [-0.4, -0.2) is 48.3 Å². The maximum Gasteiger partial charge on any atom is 0.320 e. The van der Waals surface area contributed by atoms with E-state index in [4.69, 9.17) is 14.5 Å². The Labute approximate surface area is 170 Å². The number of allylic oxidation sites excluding steroid dienone is 2. The van der Waals surface area contributed by atoms with E-state index in [1.54, 1.807) is 18.9 Å². The van der Waals surface area contributed by atoms with Crippen LogP contribution < -0.4 is 4.90 Å². The molecule has 0 spiro atoms. The number of imidazole rings is 1. The number of carbonyl (C=O) groups excluding carboxylic acids is 2. The summed E-state index contributed by atoms with van der Waals surface area (Å²) in [6.07, 6.45) is 7.02. The van der Waals surface area contributed by atoms with Crippen LogP contribution in [0.4, 0.5) is 5.95 Å². The van der Waals surface area contributed by atoms with Gasteiger partial charge in [-0.25, -0.2) is 4.98 Å². The van der Waals surface area contributed by atoms with Crippen LogP contribution in [0.1, 0.15) is 32.2 Å². The molecule has 2 aromatic rings. The molecule has 154 valence electrons. The summed E-state index contributed by atoms with van der Waals surface area (Å²) in [5.74, 6) is -0.827. The van der Waals surface area contributed by atoms with Crippen molar-refractivity contribution in [2.24, 2.45) is 11.8 Å². The first kappa shape index (κ1) is 19.6. The van der Waals surface area contributed by atoms with Crippen LogP contribution in [-0.2, 0) is 19.1 Å². The first-order chi connectivity index (χ1) is 14.2. The summed E-state index contributed by atoms with van der Waals surface area (Å²) in [6.45, 7) is 2.72. The standard InChI is InChI=1S/C22H27N3O4/c1-3-29-21(27)18-19(15-9-5-4-6-10-15)25-17-12-8-7-11-16(17)23-22(25)24(20(18)26)13-14-28-2/h4-5,7-8,11-12,15,18-19H,3,6,9-10,13-14H2,1-2H3/t15-,18-,19-/m0/s1. The van der Waals surface area contributed by atoms with E-state index in [1.165, 1.54) is 0 Å². The van der Waals surface area contributed by atoms with Gasteiger partial charge in [0.1, 0.15) is 0 Å². The molecule has 7 nitrogen and oxygen atoms in total. The quantitative estimate of drug-likeness (QED) is 0.425. The predicted octanol–water partition coefficient (Wildman–Crippen LogP) is 3.11. The lowest BCUT2D eigenvalue weighted by molar-refractivity contribution is -0.155. The number of hydrogen-bond acceptors (Lipinski definition) is 5. The van der Waals surface area contributed by atoms with E-state index in [9.17, 15) is 9.59 Å². The van der Waals surface area contributed by atoms with Crippen LogP contribution in [0.25, 0.3) is 11.0 Å². The Balaban J connectivity index is 1.90. The Hall–Kier alpha value is -2.67. The van der Waals surface area contributed by atoms with Gasteiger partial charge in [0.25, 0.3) is 0 Å². The minimum absolute atomic E-state index is 0.166. The summed E-state index contributed by atoms with van der Waals surface area (Å²) >= 11 is 0. The van der Waals surface area contributed by atoms with Gasteiger partial charge in [-0.2, -0.15) is 0 Å². The van der Waals surface area contributed by atoms with Gasteiger partial charge >= 0.3 is 5.97 Å². The molecule has 3 atom stereocenters. The SMILES string of the molecule is CCOC(=O)[C@@H]1C(=O)N(CCOC)c2nc3ccccc3n2[C@H]1[C@H]1CC=CCC1. The number of benzene rings is 1. The fraction of sp³-hybridized carbons (Fsp3) is 0.500. The van der Waals surface area contributed by atoms with Gasteiger partial charge in [0.15, 0.2) is 5.92 Å². The van der Waals surface area contributed by atoms with E-state index in [0.717, 1.165) is 30.3 Å². The minimum atomic E-state index is -0.881. The lowest BCUT2D eigenvalue weighted by atomic mass is 9.79. The molecule has 7 heteroatoms. The predicted molar refractivity (Wildman–Crippen MR) is 110 cm³/mol. The Morgan fingerprint density at radius 1 is 1.28 bits per heavy atom. The number of rotatable bonds is 6. The Kier molecular flexibility index (Phi) is 5.67. The van der Waals surface area contributed by atoms with Crippen LogP contribution in [0.15, 0.2) is 36.4 Å². The summed E-state index contributed by atoms with van der Waals surface area (Å²) in [6, 6.07) is 7.53. The fourth-order valence-electron chi connectivity index (χ4n) is 4.55. The van der Waals surface area contributed by atoms with Gasteiger partial charge in [0.2, 0.25) is 11.9 Å². The van der Waals surface area contributed by atoms with Gasteiger partial charge in [-0.3, -0.25) is 14.5 Å². The average Bonchev–Trinajstić information content (AvgIpc) is 3.12. The lowest BCUT2D eigenvalue weighted by Crippen LogP contribution is -2.52. The van der Waals surface area contributed by atoms with Gasteiger partial charge in [-0.15, -0.1) is 0 Å². The van der Waals surface area contributed by atoms with Crippen LogP contribution in [0, 0.1) is 11.8 Å². The summed E-state index contributed by atoms with van der Waals surface area (Å²) < 4.78 is 12.7. The fourth-order valence-corrected chi connectivity index (χ4v) is 4.55.